The highest BCUT2D eigenvalue weighted by atomic mass is 32.2. The van der Waals surface area contributed by atoms with E-state index < -0.39 is 51.2 Å². The van der Waals surface area contributed by atoms with Crippen LogP contribution in [0.3, 0.4) is 0 Å². The van der Waals surface area contributed by atoms with Crippen LogP contribution in [0.5, 0.6) is 11.5 Å². The molecule has 0 saturated carbocycles. The minimum Gasteiger partial charge on any atom is -0.493 e. The molecule has 0 aliphatic carbocycles. The zero-order chi connectivity index (χ0) is 31.3. The van der Waals surface area contributed by atoms with Crippen LogP contribution in [0, 0.1) is 5.92 Å². The maximum atomic E-state index is 14.1. The second kappa shape index (κ2) is 11.6. The number of anilines is 1. The fourth-order valence-corrected chi connectivity index (χ4v) is 8.63. The lowest BCUT2D eigenvalue weighted by molar-refractivity contribution is -0.137. The number of nitrogens with zero attached hydrogens (tertiary/aromatic N) is 3. The molecule has 3 atom stereocenters. The van der Waals surface area contributed by atoms with Gasteiger partial charge in [0.1, 0.15) is 11.8 Å². The third kappa shape index (κ3) is 5.06. The largest absolute Gasteiger partial charge is 0.493 e. The topological polar surface area (TPSA) is 107 Å². The molecule has 4 heterocycles. The number of hydrogen-bond acceptors (Lipinski definition) is 9. The second-order valence-corrected chi connectivity index (χ2v) is 12.4. The number of carbonyl (C=O) groups is 3. The Balaban J connectivity index is 1.48. The summed E-state index contributed by atoms with van der Waals surface area (Å²) in [5.41, 5.74) is -1.17. The lowest BCUT2D eigenvalue weighted by Gasteiger charge is -2.31. The second-order valence-electron chi connectivity index (χ2n) is 10.3. The Bertz CT molecular complexity index is 1700. The summed E-state index contributed by atoms with van der Waals surface area (Å²) in [6.07, 6.45) is -4.82. The summed E-state index contributed by atoms with van der Waals surface area (Å²) in [6.45, 7) is 1.18. The third-order valence-electron chi connectivity index (χ3n) is 7.92. The molecule has 0 bridgehead atoms. The molecule has 0 N–H and O–H groups in total. The van der Waals surface area contributed by atoms with E-state index in [4.69, 9.17) is 14.2 Å². The number of thioether (sulfide) groups is 1. The summed E-state index contributed by atoms with van der Waals surface area (Å²) in [6, 6.07) is 9.34. The number of imide groups is 1. The number of hydrogen-bond donors (Lipinski definition) is 0. The Morgan fingerprint density at radius 1 is 1.00 bits per heavy atom. The Morgan fingerprint density at radius 2 is 1.70 bits per heavy atom. The number of rotatable bonds is 6. The van der Waals surface area contributed by atoms with Crippen LogP contribution in [0.25, 0.3) is 0 Å². The fourth-order valence-electron chi connectivity index (χ4n) is 5.85. The van der Waals surface area contributed by atoms with Crippen LogP contribution in [0.1, 0.15) is 21.9 Å². The van der Waals surface area contributed by atoms with Crippen molar-refractivity contribution >= 4 is 46.5 Å². The van der Waals surface area contributed by atoms with Crippen molar-refractivity contribution in [2.45, 2.75) is 28.9 Å². The highest BCUT2D eigenvalue weighted by Crippen LogP contribution is 2.55. The number of methoxy groups -OCH3 is 2. The summed E-state index contributed by atoms with van der Waals surface area (Å²) < 4.78 is 59.4. The van der Waals surface area contributed by atoms with Gasteiger partial charge < -0.3 is 19.1 Å². The third-order valence-corrected chi connectivity index (χ3v) is 10.5. The van der Waals surface area contributed by atoms with Crippen LogP contribution in [-0.4, -0.2) is 73.0 Å². The van der Waals surface area contributed by atoms with E-state index in [1.165, 1.54) is 30.9 Å². The maximum Gasteiger partial charge on any atom is 0.418 e. The molecule has 0 spiro atoms. The van der Waals surface area contributed by atoms with Crippen LogP contribution in [0.15, 0.2) is 52.3 Å². The summed E-state index contributed by atoms with van der Waals surface area (Å²) in [7, 11) is 2.88. The first kappa shape index (κ1) is 30.2. The first-order valence-electron chi connectivity index (χ1n) is 13.6. The Hall–Kier alpha value is -3.82. The number of para-hydroxylation sites is 1. The number of amides is 3. The van der Waals surface area contributed by atoms with Gasteiger partial charge in [-0.05, 0) is 29.8 Å². The normalized spacial score (nSPS) is 21.7. The summed E-state index contributed by atoms with van der Waals surface area (Å²) in [5, 5.41) is -0.831. The molecular weight excluding hydrogens is 623 g/mol. The van der Waals surface area contributed by atoms with E-state index >= 15 is 0 Å². The monoisotopic (exact) mass is 649 g/mol. The van der Waals surface area contributed by atoms with Gasteiger partial charge in [-0.2, -0.15) is 13.2 Å². The Kier molecular flexibility index (Phi) is 7.96. The average molecular weight is 650 g/mol. The smallest absolute Gasteiger partial charge is 0.418 e. The number of fused-ring (bicyclic) bond motifs is 2. The molecule has 10 nitrogen and oxygen atoms in total. The van der Waals surface area contributed by atoms with E-state index in [0.29, 0.717) is 58.2 Å². The lowest BCUT2D eigenvalue weighted by Crippen LogP contribution is -2.43. The number of alkyl halides is 3. The van der Waals surface area contributed by atoms with Crippen LogP contribution in [-0.2, 0) is 31.8 Å². The SMILES string of the molecule is COc1ccc([C@@H]2c3sc(=O)n(CC(=O)N4CCOCC4)c3S[C@H]3C(=O)N(c4ccccc4C(F)(F)F)C(=O)[C@@H]23)cc1OC. The van der Waals surface area contributed by atoms with Gasteiger partial charge in [0.25, 0.3) is 0 Å². The molecule has 232 valence electrons. The van der Waals surface area contributed by atoms with Crippen molar-refractivity contribution in [3.63, 3.8) is 0 Å². The maximum absolute atomic E-state index is 14.1. The lowest BCUT2D eigenvalue weighted by atomic mass is 9.83. The van der Waals surface area contributed by atoms with Gasteiger partial charge in [0.15, 0.2) is 11.5 Å². The molecule has 2 fully saturated rings. The highest BCUT2D eigenvalue weighted by molar-refractivity contribution is 8.00. The Labute approximate surface area is 257 Å². The molecular formula is C29H26F3N3O7S2. The molecule has 1 aromatic heterocycles. The van der Waals surface area contributed by atoms with Crippen molar-refractivity contribution in [2.75, 3.05) is 45.4 Å². The van der Waals surface area contributed by atoms with E-state index in [9.17, 15) is 32.3 Å². The van der Waals surface area contributed by atoms with E-state index in [1.807, 2.05) is 0 Å². The zero-order valence-corrected chi connectivity index (χ0v) is 25.1. The predicted molar refractivity (Wildman–Crippen MR) is 154 cm³/mol. The number of aromatic nitrogens is 1. The standard InChI is InChI=1S/C29H26F3N3O7S2/c1-40-18-8-7-15(13-19(18)41-2)21-22-23(26(38)35(25(22)37)17-6-4-3-5-16(17)29(30,31)32)43-27-24(21)44-28(39)34(27)14-20(36)33-9-11-42-12-10-33/h3-8,13,21-23H,9-12,14H2,1-2H3/t21-,22-,23+/m0/s1. The van der Waals surface area contributed by atoms with Gasteiger partial charge in [0, 0.05) is 23.9 Å². The van der Waals surface area contributed by atoms with Gasteiger partial charge in [0.2, 0.25) is 17.7 Å². The Morgan fingerprint density at radius 3 is 2.39 bits per heavy atom. The molecule has 6 rings (SSSR count). The molecule has 3 amide bonds. The highest BCUT2D eigenvalue weighted by Gasteiger charge is 2.58. The van der Waals surface area contributed by atoms with Gasteiger partial charge in [-0.15, -0.1) is 0 Å². The van der Waals surface area contributed by atoms with Crippen LogP contribution in [0.2, 0.25) is 0 Å². The minimum absolute atomic E-state index is 0.295. The van der Waals surface area contributed by atoms with Crippen molar-refractivity contribution in [3.8, 4) is 11.5 Å². The first-order valence-corrected chi connectivity index (χ1v) is 15.3. The van der Waals surface area contributed by atoms with Gasteiger partial charge in [-0.1, -0.05) is 41.3 Å². The van der Waals surface area contributed by atoms with Crippen molar-refractivity contribution in [2.24, 2.45) is 5.92 Å². The molecule has 3 aromatic rings. The van der Waals surface area contributed by atoms with Gasteiger partial charge in [0.05, 0.1) is 49.6 Å². The van der Waals surface area contributed by atoms with E-state index in [0.717, 1.165) is 35.2 Å². The van der Waals surface area contributed by atoms with E-state index in [2.05, 4.69) is 0 Å². The number of benzene rings is 2. The molecule has 3 aliphatic rings. The minimum atomic E-state index is -4.82. The molecule has 44 heavy (non-hydrogen) atoms. The quantitative estimate of drug-likeness (QED) is 0.373. The number of ether oxygens (including phenoxy) is 3. The van der Waals surface area contributed by atoms with Crippen LogP contribution >= 0.6 is 23.1 Å². The van der Waals surface area contributed by atoms with Crippen LogP contribution in [0.4, 0.5) is 18.9 Å². The van der Waals surface area contributed by atoms with Crippen molar-refractivity contribution in [3.05, 3.63) is 68.1 Å². The molecule has 0 radical (unpaired) electrons. The molecule has 2 aromatic carbocycles. The summed E-state index contributed by atoms with van der Waals surface area (Å²) in [5.74, 6) is -3.26. The number of thiazole rings is 1. The van der Waals surface area contributed by atoms with E-state index in [-0.39, 0.29) is 12.5 Å². The number of carbonyl (C=O) groups excluding carboxylic acids is 3. The zero-order valence-electron chi connectivity index (χ0n) is 23.5. The molecule has 15 heteroatoms. The number of halogens is 3. The predicted octanol–water partition coefficient (Wildman–Crippen LogP) is 3.60. The van der Waals surface area contributed by atoms with Gasteiger partial charge in [-0.25, -0.2) is 4.90 Å². The van der Waals surface area contributed by atoms with Crippen molar-refractivity contribution < 1.29 is 41.8 Å². The van der Waals surface area contributed by atoms with Gasteiger partial charge >= 0.3 is 11.0 Å². The number of morpholine rings is 1. The molecule has 2 saturated heterocycles. The van der Waals surface area contributed by atoms with Crippen LogP contribution < -0.4 is 19.2 Å². The summed E-state index contributed by atoms with van der Waals surface area (Å²) in [4.78, 5) is 56.7. The summed E-state index contributed by atoms with van der Waals surface area (Å²) >= 11 is 1.78. The first-order chi connectivity index (χ1) is 21.0. The average Bonchev–Trinajstić information content (AvgIpc) is 3.46. The van der Waals surface area contributed by atoms with E-state index in [1.54, 1.807) is 23.1 Å². The fraction of sp³-hybridized carbons (Fsp3) is 0.379. The molecule has 3 aliphatic heterocycles. The molecule has 0 unspecified atom stereocenters. The van der Waals surface area contributed by atoms with Gasteiger partial charge in [-0.3, -0.25) is 23.7 Å². The van der Waals surface area contributed by atoms with Crippen molar-refractivity contribution in [1.29, 1.82) is 0 Å². The van der Waals surface area contributed by atoms with Crippen molar-refractivity contribution in [1.82, 2.24) is 9.47 Å².